The summed E-state index contributed by atoms with van der Waals surface area (Å²) in [5.74, 6) is 11.7. The number of hydrogen-bond donors (Lipinski definition) is 3. The smallest absolute Gasteiger partial charge is 0.416 e. The molecule has 0 fully saturated rings. The molecule has 0 spiro atoms. The van der Waals surface area contributed by atoms with Gasteiger partial charge in [0.25, 0.3) is 0 Å². The Morgan fingerprint density at radius 1 is 1.33 bits per heavy atom. The van der Waals surface area contributed by atoms with Gasteiger partial charge in [0.15, 0.2) is 0 Å². The molecular weight excluding hydrogens is 212 g/mol. The molecule has 0 aliphatic heterocycles. The van der Waals surface area contributed by atoms with Crippen LogP contribution >= 0.6 is 12.6 Å². The molecule has 0 rings (SSSR count). The molecule has 4 nitrogen and oxygen atoms in total. The van der Waals surface area contributed by atoms with Gasteiger partial charge in [0.1, 0.15) is 0 Å². The Kier molecular flexibility index (Phi) is 8.03. The molecular formula is C10H4N2O2S. The Morgan fingerprint density at radius 3 is 2.80 bits per heavy atom. The van der Waals surface area contributed by atoms with Crippen molar-refractivity contribution in [1.82, 2.24) is 5.32 Å². The quantitative estimate of drug-likeness (QED) is 0.233. The number of thiol groups is 1. The van der Waals surface area contributed by atoms with Crippen molar-refractivity contribution in [3.8, 4) is 46.9 Å². The molecule has 0 aromatic carbocycles. The van der Waals surface area contributed by atoms with Crippen molar-refractivity contribution in [2.45, 2.75) is 0 Å². The fraction of sp³-hybridized carbons (Fsp3) is 0. The van der Waals surface area contributed by atoms with Crippen LogP contribution < -0.4 is 5.32 Å². The normalized spacial score (nSPS) is 6.47. The lowest BCUT2D eigenvalue weighted by Gasteiger charge is -1.79. The zero-order valence-corrected chi connectivity index (χ0v) is 8.22. The number of carboxylic acid groups (broad SMARTS) is 1. The summed E-state index contributed by atoms with van der Waals surface area (Å²) in [5, 5.41) is 12.2. The van der Waals surface area contributed by atoms with Gasteiger partial charge in [-0.25, -0.2) is 10.1 Å². The van der Waals surface area contributed by atoms with E-state index in [-0.39, 0.29) is 0 Å². The first-order chi connectivity index (χ1) is 7.27. The molecule has 15 heavy (non-hydrogen) atoms. The Balaban J connectivity index is 3.98. The van der Waals surface area contributed by atoms with Crippen LogP contribution in [0.2, 0.25) is 0 Å². The van der Waals surface area contributed by atoms with E-state index in [0.29, 0.717) is 0 Å². The van der Waals surface area contributed by atoms with Crippen LogP contribution in [0.4, 0.5) is 4.79 Å². The zero-order valence-electron chi connectivity index (χ0n) is 7.33. The maximum atomic E-state index is 9.91. The van der Waals surface area contributed by atoms with Crippen molar-refractivity contribution < 1.29 is 9.90 Å². The van der Waals surface area contributed by atoms with Gasteiger partial charge < -0.3 is 5.11 Å². The van der Waals surface area contributed by atoms with Gasteiger partial charge in [0.05, 0.1) is 6.21 Å². The van der Waals surface area contributed by atoms with Gasteiger partial charge in [-0.1, -0.05) is 12.6 Å². The van der Waals surface area contributed by atoms with E-state index in [4.69, 9.17) is 5.11 Å². The van der Waals surface area contributed by atoms with E-state index in [1.54, 1.807) is 0 Å². The molecule has 0 aromatic heterocycles. The lowest BCUT2D eigenvalue weighted by atomic mass is 10.6. The van der Waals surface area contributed by atoms with E-state index in [1.807, 2.05) is 5.32 Å². The van der Waals surface area contributed by atoms with E-state index in [9.17, 15) is 4.79 Å². The number of aliphatic imine (C=N–C) groups is 1. The number of hydrogen-bond acceptors (Lipinski definition) is 3. The zero-order chi connectivity index (χ0) is 11.4. The predicted octanol–water partition coefficient (Wildman–Crippen LogP) is 0.141. The van der Waals surface area contributed by atoms with Crippen LogP contribution in [0.25, 0.3) is 0 Å². The third kappa shape index (κ3) is 11.5. The van der Waals surface area contributed by atoms with E-state index in [0.717, 1.165) is 0 Å². The lowest BCUT2D eigenvalue weighted by molar-refractivity contribution is 0.199. The fourth-order valence-corrected chi connectivity index (χ4v) is 0.393. The van der Waals surface area contributed by atoms with Gasteiger partial charge in [-0.05, 0) is 23.0 Å². The first-order valence-electron chi connectivity index (χ1n) is 3.42. The van der Waals surface area contributed by atoms with Crippen molar-refractivity contribution in [3.05, 3.63) is 0 Å². The van der Waals surface area contributed by atoms with Crippen LogP contribution in [0.15, 0.2) is 4.99 Å². The topological polar surface area (TPSA) is 61.7 Å². The third-order valence-corrected chi connectivity index (χ3v) is 0.846. The van der Waals surface area contributed by atoms with Crippen LogP contribution in [0.3, 0.4) is 0 Å². The average Bonchev–Trinajstić information content (AvgIpc) is 2.20. The van der Waals surface area contributed by atoms with Gasteiger partial charge >= 0.3 is 6.09 Å². The molecule has 0 saturated heterocycles. The van der Waals surface area contributed by atoms with Crippen LogP contribution in [0.5, 0.6) is 0 Å². The third-order valence-electron chi connectivity index (χ3n) is 0.735. The predicted molar refractivity (Wildman–Crippen MR) is 59.7 cm³/mol. The van der Waals surface area contributed by atoms with Crippen LogP contribution in [0, 0.1) is 46.9 Å². The second-order valence-electron chi connectivity index (χ2n) is 1.68. The first-order valence-corrected chi connectivity index (χ1v) is 3.87. The molecule has 0 radical (unpaired) electrons. The van der Waals surface area contributed by atoms with Crippen molar-refractivity contribution >= 4 is 24.9 Å². The van der Waals surface area contributed by atoms with Crippen molar-refractivity contribution in [2.24, 2.45) is 4.99 Å². The summed E-state index contributed by atoms with van der Waals surface area (Å²) in [7, 11) is 0. The van der Waals surface area contributed by atoms with Gasteiger partial charge in [0, 0.05) is 23.9 Å². The maximum Gasteiger partial charge on any atom is 0.416 e. The van der Waals surface area contributed by atoms with Crippen LogP contribution in [0.1, 0.15) is 0 Å². The summed E-state index contributed by atoms with van der Waals surface area (Å²) in [6.07, 6.45) is -0.00278. The molecule has 2 N–H and O–H groups in total. The Hall–Kier alpha value is -2.47. The largest absolute Gasteiger partial charge is 0.464 e. The highest BCUT2D eigenvalue weighted by atomic mass is 32.1. The minimum Gasteiger partial charge on any atom is -0.464 e. The molecule has 0 saturated carbocycles. The fourth-order valence-electron chi connectivity index (χ4n) is 0.337. The molecule has 0 heterocycles. The van der Waals surface area contributed by atoms with E-state index in [2.05, 4.69) is 64.6 Å². The minimum atomic E-state index is -1.23. The van der Waals surface area contributed by atoms with E-state index >= 15 is 0 Å². The summed E-state index contributed by atoms with van der Waals surface area (Å²) in [4.78, 5) is 13.5. The average molecular weight is 216 g/mol. The second-order valence-corrected chi connectivity index (χ2v) is 1.90. The molecule has 1 amide bonds. The van der Waals surface area contributed by atoms with Crippen LogP contribution in [-0.4, -0.2) is 17.4 Å². The second kappa shape index (κ2) is 9.62. The highest BCUT2D eigenvalue weighted by Gasteiger charge is 1.82. The monoisotopic (exact) mass is 216 g/mol. The molecule has 0 bridgehead atoms. The van der Waals surface area contributed by atoms with E-state index in [1.165, 1.54) is 6.21 Å². The Labute approximate surface area is 92.6 Å². The van der Waals surface area contributed by atoms with Gasteiger partial charge in [-0.3, -0.25) is 0 Å². The molecule has 72 valence electrons. The standard InChI is InChI=1S/C10H4N2O2S/c13-10(14)12-8-3-1-2-6-11-7-4-5-9-15/h6,12,15H,(H,13,14). The van der Waals surface area contributed by atoms with Crippen LogP contribution in [-0.2, 0) is 0 Å². The number of carbonyl (C=O) groups is 1. The summed E-state index contributed by atoms with van der Waals surface area (Å²) in [6, 6.07) is 4.42. The summed E-state index contributed by atoms with van der Waals surface area (Å²) < 4.78 is 0. The maximum absolute atomic E-state index is 9.91. The molecule has 0 unspecified atom stereocenters. The number of rotatable bonds is 0. The Bertz CT molecular complexity index is 492. The van der Waals surface area contributed by atoms with E-state index < -0.39 is 6.09 Å². The van der Waals surface area contributed by atoms with Gasteiger partial charge in [-0.15, -0.1) is 0 Å². The molecule has 5 heteroatoms. The Morgan fingerprint density at radius 2 is 2.13 bits per heavy atom. The SMILES string of the molecule is O=C(O)NC#CC#CC=NC#CC#CS. The van der Waals surface area contributed by atoms with Gasteiger partial charge in [-0.2, -0.15) is 4.99 Å². The summed E-state index contributed by atoms with van der Waals surface area (Å²) in [5.41, 5.74) is 0. The molecule has 0 aliphatic carbocycles. The minimum absolute atomic E-state index is 1.22. The lowest BCUT2D eigenvalue weighted by Crippen LogP contribution is -2.13. The molecule has 0 atom stereocenters. The van der Waals surface area contributed by atoms with Crippen molar-refractivity contribution in [2.75, 3.05) is 0 Å². The highest BCUT2D eigenvalue weighted by molar-refractivity contribution is 7.85. The molecule has 0 aromatic rings. The molecule has 0 aliphatic rings. The van der Waals surface area contributed by atoms with Crippen molar-refractivity contribution in [3.63, 3.8) is 0 Å². The number of amides is 1. The first kappa shape index (κ1) is 12.5. The number of nitrogens with zero attached hydrogens (tertiary/aromatic N) is 1. The number of nitrogens with one attached hydrogen (secondary N) is 1. The van der Waals surface area contributed by atoms with Gasteiger partial charge in [0.2, 0.25) is 0 Å². The summed E-state index contributed by atoms with van der Waals surface area (Å²) >= 11 is 3.60. The van der Waals surface area contributed by atoms with Crippen molar-refractivity contribution in [1.29, 1.82) is 0 Å². The highest BCUT2D eigenvalue weighted by Crippen LogP contribution is 1.62. The summed E-state index contributed by atoms with van der Waals surface area (Å²) in [6.45, 7) is 0.